The Kier molecular flexibility index (Phi) is 3.16. The number of aromatic nitrogens is 2. The Morgan fingerprint density at radius 3 is 2.60 bits per heavy atom. The summed E-state index contributed by atoms with van der Waals surface area (Å²) in [5.41, 5.74) is 8.65. The average molecular weight is 285 g/mol. The summed E-state index contributed by atoms with van der Waals surface area (Å²) in [6.07, 6.45) is 0. The third-order valence-electron chi connectivity index (χ3n) is 3.34. The van der Waals surface area contributed by atoms with Gasteiger partial charge in [0.2, 0.25) is 5.82 Å². The van der Waals surface area contributed by atoms with Crippen LogP contribution < -0.4 is 5.73 Å². The van der Waals surface area contributed by atoms with Gasteiger partial charge in [-0.05, 0) is 30.4 Å². The van der Waals surface area contributed by atoms with Crippen LogP contribution in [0.15, 0.2) is 45.6 Å². The molecule has 1 atom stereocenters. The van der Waals surface area contributed by atoms with Crippen LogP contribution in [0.4, 0.5) is 0 Å². The van der Waals surface area contributed by atoms with Gasteiger partial charge in [0.25, 0.3) is 5.89 Å². The second-order valence-corrected chi connectivity index (χ2v) is 5.70. The second-order valence-electron chi connectivity index (χ2n) is 4.96. The summed E-state index contributed by atoms with van der Waals surface area (Å²) in [7, 11) is 0. The Morgan fingerprint density at radius 2 is 1.95 bits per heavy atom. The number of aryl methyl sites for hydroxylation is 1. The molecule has 102 valence electrons. The number of hydrogen-bond acceptors (Lipinski definition) is 5. The van der Waals surface area contributed by atoms with Crippen molar-refractivity contribution in [1.82, 2.24) is 10.1 Å². The fraction of sp³-hybridized carbons (Fsp3) is 0.200. The first-order chi connectivity index (χ1) is 9.59. The van der Waals surface area contributed by atoms with E-state index >= 15 is 0 Å². The molecule has 0 saturated heterocycles. The van der Waals surface area contributed by atoms with Gasteiger partial charge in [0.05, 0.1) is 0 Å². The normalized spacial score (nSPS) is 14.2. The Morgan fingerprint density at radius 1 is 1.20 bits per heavy atom. The first-order valence-corrected chi connectivity index (χ1v) is 7.25. The zero-order valence-corrected chi connectivity index (χ0v) is 12.1. The van der Waals surface area contributed by atoms with E-state index in [2.05, 4.69) is 15.5 Å². The van der Waals surface area contributed by atoms with Crippen molar-refractivity contribution >= 4 is 11.3 Å². The fourth-order valence-corrected chi connectivity index (χ4v) is 2.87. The van der Waals surface area contributed by atoms with Crippen LogP contribution in [-0.2, 0) is 5.54 Å². The molecule has 3 aromatic rings. The lowest BCUT2D eigenvalue weighted by Crippen LogP contribution is -2.34. The molecule has 4 nitrogen and oxygen atoms in total. The summed E-state index contributed by atoms with van der Waals surface area (Å²) in [5, 5.41) is 8.13. The second kappa shape index (κ2) is 4.85. The monoisotopic (exact) mass is 285 g/mol. The van der Waals surface area contributed by atoms with Gasteiger partial charge in [0, 0.05) is 10.9 Å². The van der Waals surface area contributed by atoms with Crippen LogP contribution in [0.3, 0.4) is 0 Å². The molecule has 2 aromatic heterocycles. The van der Waals surface area contributed by atoms with Crippen molar-refractivity contribution in [3.05, 3.63) is 58.1 Å². The quantitative estimate of drug-likeness (QED) is 0.801. The molecule has 2 heterocycles. The van der Waals surface area contributed by atoms with E-state index in [0.29, 0.717) is 11.7 Å². The van der Waals surface area contributed by atoms with Crippen LogP contribution in [0.5, 0.6) is 0 Å². The number of nitrogens with zero attached hydrogens (tertiary/aromatic N) is 2. The van der Waals surface area contributed by atoms with E-state index in [0.717, 1.165) is 16.7 Å². The van der Waals surface area contributed by atoms with E-state index in [1.165, 1.54) is 0 Å². The van der Waals surface area contributed by atoms with E-state index < -0.39 is 5.54 Å². The molecule has 0 fully saturated rings. The molecule has 3 rings (SSSR count). The number of nitrogens with two attached hydrogens (primary N) is 1. The van der Waals surface area contributed by atoms with Crippen LogP contribution in [-0.4, -0.2) is 10.1 Å². The third-order valence-corrected chi connectivity index (χ3v) is 4.20. The molecule has 0 saturated carbocycles. The van der Waals surface area contributed by atoms with E-state index in [1.807, 2.05) is 49.6 Å². The lowest BCUT2D eigenvalue weighted by Gasteiger charge is -2.20. The van der Waals surface area contributed by atoms with Crippen molar-refractivity contribution in [2.45, 2.75) is 19.4 Å². The molecule has 0 radical (unpaired) electrons. The van der Waals surface area contributed by atoms with Gasteiger partial charge in [-0.1, -0.05) is 35.5 Å². The highest BCUT2D eigenvalue weighted by Gasteiger charge is 2.30. The van der Waals surface area contributed by atoms with Gasteiger partial charge in [0.1, 0.15) is 5.54 Å². The van der Waals surface area contributed by atoms with E-state index in [1.54, 1.807) is 11.3 Å². The molecular formula is C15H15N3OS. The van der Waals surface area contributed by atoms with Crippen molar-refractivity contribution < 1.29 is 4.52 Å². The van der Waals surface area contributed by atoms with Crippen molar-refractivity contribution in [3.63, 3.8) is 0 Å². The smallest absolute Gasteiger partial charge is 0.251 e. The zero-order chi connectivity index (χ0) is 14.2. The van der Waals surface area contributed by atoms with Gasteiger partial charge >= 0.3 is 0 Å². The highest BCUT2D eigenvalue weighted by atomic mass is 32.1. The molecule has 0 aliphatic rings. The summed E-state index contributed by atoms with van der Waals surface area (Å²) in [5.74, 6) is 1.01. The predicted octanol–water partition coefficient (Wildman–Crippen LogP) is 3.33. The fourth-order valence-electron chi connectivity index (χ4n) is 2.04. The van der Waals surface area contributed by atoms with Gasteiger partial charge in [-0.3, -0.25) is 0 Å². The van der Waals surface area contributed by atoms with Crippen molar-refractivity contribution in [2.24, 2.45) is 5.73 Å². The van der Waals surface area contributed by atoms with Crippen molar-refractivity contribution in [3.8, 4) is 11.4 Å². The maximum atomic E-state index is 6.37. The molecule has 2 N–H and O–H groups in total. The van der Waals surface area contributed by atoms with Crippen LogP contribution in [0, 0.1) is 6.92 Å². The van der Waals surface area contributed by atoms with E-state index in [-0.39, 0.29) is 0 Å². The standard InChI is InChI=1S/C15H15N3OS/c1-10-8-20-9-12(10)13-17-14(19-18-13)15(2,16)11-6-4-3-5-7-11/h3-9H,16H2,1-2H3. The van der Waals surface area contributed by atoms with Crippen LogP contribution in [0.1, 0.15) is 23.9 Å². The van der Waals surface area contributed by atoms with Gasteiger partial charge < -0.3 is 10.3 Å². The number of hydrogen-bond donors (Lipinski definition) is 1. The molecule has 0 aliphatic carbocycles. The SMILES string of the molecule is Cc1cscc1-c1noc(C(C)(N)c2ccccc2)n1. The van der Waals surface area contributed by atoms with Gasteiger partial charge in [0.15, 0.2) is 0 Å². The van der Waals surface area contributed by atoms with Gasteiger partial charge in [-0.15, -0.1) is 0 Å². The lowest BCUT2D eigenvalue weighted by molar-refractivity contribution is 0.325. The molecule has 1 aromatic carbocycles. The average Bonchev–Trinajstić information content (AvgIpc) is 3.08. The van der Waals surface area contributed by atoms with E-state index in [9.17, 15) is 0 Å². The maximum absolute atomic E-state index is 6.37. The Balaban J connectivity index is 2.00. The minimum absolute atomic E-state index is 0.421. The molecule has 20 heavy (non-hydrogen) atoms. The zero-order valence-electron chi connectivity index (χ0n) is 11.3. The first-order valence-electron chi connectivity index (χ1n) is 6.31. The summed E-state index contributed by atoms with van der Waals surface area (Å²) in [6.45, 7) is 3.90. The van der Waals surface area contributed by atoms with E-state index in [4.69, 9.17) is 10.3 Å². The van der Waals surface area contributed by atoms with Crippen molar-refractivity contribution in [2.75, 3.05) is 0 Å². The van der Waals surface area contributed by atoms with Crippen LogP contribution in [0.2, 0.25) is 0 Å². The Labute approximate surface area is 121 Å². The molecule has 0 spiro atoms. The third kappa shape index (κ3) is 2.15. The highest BCUT2D eigenvalue weighted by Crippen LogP contribution is 2.29. The summed E-state index contributed by atoms with van der Waals surface area (Å²) >= 11 is 1.62. The Bertz CT molecular complexity index is 716. The topological polar surface area (TPSA) is 64.9 Å². The number of rotatable bonds is 3. The number of benzene rings is 1. The minimum Gasteiger partial charge on any atom is -0.337 e. The highest BCUT2D eigenvalue weighted by molar-refractivity contribution is 7.08. The molecular weight excluding hydrogens is 270 g/mol. The molecule has 1 unspecified atom stereocenters. The molecule has 0 aliphatic heterocycles. The molecule has 5 heteroatoms. The van der Waals surface area contributed by atoms with Gasteiger partial charge in [-0.2, -0.15) is 16.3 Å². The minimum atomic E-state index is -0.795. The predicted molar refractivity (Wildman–Crippen MR) is 79.4 cm³/mol. The summed E-state index contributed by atoms with van der Waals surface area (Å²) in [6, 6.07) is 9.76. The lowest BCUT2D eigenvalue weighted by atomic mass is 9.93. The molecule has 0 amide bonds. The largest absolute Gasteiger partial charge is 0.337 e. The Hall–Kier alpha value is -1.98. The summed E-state index contributed by atoms with van der Waals surface area (Å²) in [4.78, 5) is 4.47. The number of thiophene rings is 1. The van der Waals surface area contributed by atoms with Gasteiger partial charge in [-0.25, -0.2) is 0 Å². The van der Waals surface area contributed by atoms with Crippen LogP contribution >= 0.6 is 11.3 Å². The van der Waals surface area contributed by atoms with Crippen molar-refractivity contribution in [1.29, 1.82) is 0 Å². The molecule has 0 bridgehead atoms. The maximum Gasteiger partial charge on any atom is 0.251 e. The first kappa shape index (κ1) is 13.0. The van der Waals surface area contributed by atoms with Crippen LogP contribution in [0.25, 0.3) is 11.4 Å². The summed E-state index contributed by atoms with van der Waals surface area (Å²) < 4.78 is 5.38.